The van der Waals surface area contributed by atoms with Gasteiger partial charge in [0, 0.05) is 24.7 Å². The van der Waals surface area contributed by atoms with Gasteiger partial charge in [-0.15, -0.1) is 0 Å². The van der Waals surface area contributed by atoms with Crippen LogP contribution in [0.5, 0.6) is 0 Å². The monoisotopic (exact) mass is 278 g/mol. The van der Waals surface area contributed by atoms with Crippen LogP contribution in [0.1, 0.15) is 45.1 Å². The minimum Gasteiger partial charge on any atom is -0.314 e. The topological polar surface area (TPSA) is 15.3 Å². The van der Waals surface area contributed by atoms with Gasteiger partial charge in [0.1, 0.15) is 0 Å². The van der Waals surface area contributed by atoms with Crippen molar-refractivity contribution in [1.29, 1.82) is 0 Å². The molecule has 2 aliphatic carbocycles. The predicted molar refractivity (Wildman–Crippen MR) is 82.5 cm³/mol. The molecule has 2 nitrogen and oxygen atoms in total. The highest BCUT2D eigenvalue weighted by molar-refractivity contribution is 7.07. The average Bonchev–Trinajstić information content (AvgIpc) is 3.05. The molecule has 1 aromatic heterocycles. The van der Waals surface area contributed by atoms with Gasteiger partial charge in [0.2, 0.25) is 0 Å². The maximum Gasteiger partial charge on any atom is 0.0247 e. The average molecular weight is 278 g/mol. The second-order valence-corrected chi connectivity index (χ2v) is 7.28. The Hall–Kier alpha value is -0.380. The van der Waals surface area contributed by atoms with Gasteiger partial charge in [-0.2, -0.15) is 11.3 Å². The number of nitrogens with one attached hydrogen (secondary N) is 1. The van der Waals surface area contributed by atoms with Gasteiger partial charge in [0.25, 0.3) is 0 Å². The van der Waals surface area contributed by atoms with Gasteiger partial charge < -0.3 is 5.32 Å². The number of thiophene rings is 1. The Labute approximate surface area is 121 Å². The van der Waals surface area contributed by atoms with Gasteiger partial charge in [-0.05, 0) is 60.5 Å². The third kappa shape index (κ3) is 3.39. The fourth-order valence-electron chi connectivity index (χ4n) is 3.13. The molecule has 0 amide bonds. The lowest BCUT2D eigenvalue weighted by atomic mass is 9.78. The van der Waals surface area contributed by atoms with E-state index in [2.05, 4.69) is 40.9 Å². The van der Waals surface area contributed by atoms with Crippen LogP contribution in [0.3, 0.4) is 0 Å². The molecule has 0 saturated heterocycles. The number of nitrogens with zero attached hydrogens (tertiary/aromatic N) is 1. The summed E-state index contributed by atoms with van der Waals surface area (Å²) in [7, 11) is 0. The molecule has 2 fully saturated rings. The Morgan fingerprint density at radius 2 is 2.16 bits per heavy atom. The molecular formula is C16H26N2S. The van der Waals surface area contributed by atoms with E-state index in [-0.39, 0.29) is 0 Å². The minimum absolute atomic E-state index is 0.618. The van der Waals surface area contributed by atoms with Gasteiger partial charge in [0.15, 0.2) is 0 Å². The molecule has 2 aliphatic rings. The van der Waals surface area contributed by atoms with Gasteiger partial charge in [-0.25, -0.2) is 0 Å². The highest BCUT2D eigenvalue weighted by Gasteiger charge is 2.41. The summed E-state index contributed by atoms with van der Waals surface area (Å²) in [6, 6.07) is 4.62. The van der Waals surface area contributed by atoms with Gasteiger partial charge in [-0.1, -0.05) is 13.8 Å². The quantitative estimate of drug-likeness (QED) is 0.821. The molecule has 2 saturated carbocycles. The molecule has 0 bridgehead atoms. The van der Waals surface area contributed by atoms with E-state index in [9.17, 15) is 0 Å². The van der Waals surface area contributed by atoms with Crippen LogP contribution in [-0.2, 0) is 6.54 Å². The van der Waals surface area contributed by atoms with Gasteiger partial charge in [-0.3, -0.25) is 4.90 Å². The van der Waals surface area contributed by atoms with E-state index in [1.54, 1.807) is 0 Å². The Kier molecular flexibility index (Phi) is 4.25. The third-order valence-electron chi connectivity index (χ3n) is 4.55. The highest BCUT2D eigenvalue weighted by atomic mass is 32.1. The van der Waals surface area contributed by atoms with Crippen molar-refractivity contribution in [3.63, 3.8) is 0 Å². The molecule has 2 atom stereocenters. The van der Waals surface area contributed by atoms with E-state index in [1.165, 1.54) is 44.3 Å². The normalized spacial score (nSPS) is 26.9. The first-order chi connectivity index (χ1) is 9.24. The largest absolute Gasteiger partial charge is 0.314 e. The lowest BCUT2D eigenvalue weighted by Crippen LogP contribution is -2.51. The van der Waals surface area contributed by atoms with Crippen molar-refractivity contribution in [1.82, 2.24) is 10.2 Å². The van der Waals surface area contributed by atoms with Crippen molar-refractivity contribution in [2.45, 2.75) is 64.2 Å². The molecule has 0 spiro atoms. The van der Waals surface area contributed by atoms with Crippen molar-refractivity contribution >= 4 is 11.3 Å². The Balaban J connectivity index is 1.57. The molecule has 2 unspecified atom stereocenters. The fourth-order valence-corrected chi connectivity index (χ4v) is 3.79. The van der Waals surface area contributed by atoms with Crippen molar-refractivity contribution in [3.05, 3.63) is 22.4 Å². The summed E-state index contributed by atoms with van der Waals surface area (Å²) in [5, 5.41) is 8.15. The molecule has 1 N–H and O–H groups in total. The van der Waals surface area contributed by atoms with Crippen molar-refractivity contribution < 1.29 is 0 Å². The molecular weight excluding hydrogens is 252 g/mol. The molecule has 0 radical (unpaired) electrons. The van der Waals surface area contributed by atoms with Crippen molar-refractivity contribution in [2.24, 2.45) is 5.92 Å². The zero-order chi connectivity index (χ0) is 13.2. The first-order valence-electron chi connectivity index (χ1n) is 7.74. The summed E-state index contributed by atoms with van der Waals surface area (Å²) in [5.74, 6) is 0.877. The number of hydrogen-bond donors (Lipinski definition) is 1. The van der Waals surface area contributed by atoms with Crippen LogP contribution in [0.25, 0.3) is 0 Å². The summed E-state index contributed by atoms with van der Waals surface area (Å²) in [6.45, 7) is 6.88. The Bertz CT molecular complexity index is 383. The van der Waals surface area contributed by atoms with E-state index in [0.717, 1.165) is 18.0 Å². The zero-order valence-corrected chi connectivity index (χ0v) is 13.0. The van der Waals surface area contributed by atoms with E-state index >= 15 is 0 Å². The summed E-state index contributed by atoms with van der Waals surface area (Å²) in [4.78, 5) is 2.80. The SMILES string of the molecule is CC(C)NCC1CCC1N(Cc1ccsc1)C1CC1. The standard InChI is InChI=1S/C16H26N2S/c1-12(2)17-9-14-3-6-16(14)18(15-4-5-15)10-13-7-8-19-11-13/h7-8,11-12,14-17H,3-6,9-10H2,1-2H3. The predicted octanol–water partition coefficient (Wildman–Crippen LogP) is 3.49. The summed E-state index contributed by atoms with van der Waals surface area (Å²) in [6.07, 6.45) is 5.66. The Morgan fingerprint density at radius 1 is 1.32 bits per heavy atom. The van der Waals surface area contributed by atoms with E-state index in [4.69, 9.17) is 0 Å². The van der Waals surface area contributed by atoms with Crippen LogP contribution in [0.4, 0.5) is 0 Å². The van der Waals surface area contributed by atoms with Crippen LogP contribution in [0, 0.1) is 5.92 Å². The van der Waals surface area contributed by atoms with Crippen molar-refractivity contribution in [3.8, 4) is 0 Å². The summed E-state index contributed by atoms with van der Waals surface area (Å²) < 4.78 is 0. The molecule has 3 rings (SSSR count). The summed E-state index contributed by atoms with van der Waals surface area (Å²) in [5.41, 5.74) is 1.51. The maximum atomic E-state index is 3.63. The molecule has 1 aromatic rings. The lowest BCUT2D eigenvalue weighted by molar-refractivity contribution is 0.0475. The fraction of sp³-hybridized carbons (Fsp3) is 0.750. The van der Waals surface area contributed by atoms with Crippen LogP contribution in [-0.4, -0.2) is 29.6 Å². The molecule has 19 heavy (non-hydrogen) atoms. The first kappa shape index (κ1) is 13.6. The maximum absolute atomic E-state index is 3.63. The molecule has 106 valence electrons. The van der Waals surface area contributed by atoms with Crippen LogP contribution in [0.15, 0.2) is 16.8 Å². The molecule has 0 aliphatic heterocycles. The minimum atomic E-state index is 0.618. The Morgan fingerprint density at radius 3 is 2.68 bits per heavy atom. The van der Waals surface area contributed by atoms with E-state index in [0.29, 0.717) is 6.04 Å². The summed E-state index contributed by atoms with van der Waals surface area (Å²) >= 11 is 1.83. The smallest absolute Gasteiger partial charge is 0.0247 e. The van der Waals surface area contributed by atoms with Crippen LogP contribution < -0.4 is 5.32 Å². The first-order valence-corrected chi connectivity index (χ1v) is 8.68. The second kappa shape index (κ2) is 5.94. The van der Waals surface area contributed by atoms with Crippen LogP contribution in [0.2, 0.25) is 0 Å². The van der Waals surface area contributed by atoms with Crippen molar-refractivity contribution in [2.75, 3.05) is 6.54 Å². The number of rotatable bonds is 7. The molecule has 1 heterocycles. The highest BCUT2D eigenvalue weighted by Crippen LogP contribution is 2.40. The molecule has 3 heteroatoms. The van der Waals surface area contributed by atoms with E-state index in [1.807, 2.05) is 11.3 Å². The van der Waals surface area contributed by atoms with Crippen LogP contribution >= 0.6 is 11.3 Å². The molecule has 0 aromatic carbocycles. The lowest BCUT2D eigenvalue weighted by Gasteiger charge is -2.45. The number of hydrogen-bond acceptors (Lipinski definition) is 3. The van der Waals surface area contributed by atoms with E-state index < -0.39 is 0 Å². The van der Waals surface area contributed by atoms with Gasteiger partial charge >= 0.3 is 0 Å². The third-order valence-corrected chi connectivity index (χ3v) is 5.28. The van der Waals surface area contributed by atoms with Gasteiger partial charge in [0.05, 0.1) is 0 Å². The zero-order valence-electron chi connectivity index (χ0n) is 12.1. The second-order valence-electron chi connectivity index (χ2n) is 6.50.